The van der Waals surface area contributed by atoms with Crippen LogP contribution in [-0.4, -0.2) is 10.8 Å². The molecule has 0 unspecified atom stereocenters. The van der Waals surface area contributed by atoms with Gasteiger partial charge >= 0.3 is 0 Å². The molecule has 1 aromatic carbocycles. The van der Waals surface area contributed by atoms with Crippen LogP contribution < -0.4 is 0 Å². The summed E-state index contributed by atoms with van der Waals surface area (Å²) in [5, 5.41) is 0.582. The van der Waals surface area contributed by atoms with Gasteiger partial charge in [-0.3, -0.25) is 4.79 Å². The van der Waals surface area contributed by atoms with Crippen molar-refractivity contribution in [2.75, 3.05) is 0 Å². The van der Waals surface area contributed by atoms with E-state index in [9.17, 15) is 4.79 Å². The molecule has 0 saturated carbocycles. The van der Waals surface area contributed by atoms with Crippen LogP contribution in [0.3, 0.4) is 0 Å². The minimum Gasteiger partial charge on any atom is -0.444 e. The van der Waals surface area contributed by atoms with Crippen LogP contribution in [-0.2, 0) is 11.2 Å². The highest BCUT2D eigenvalue weighted by Gasteiger charge is 2.10. The first kappa shape index (κ1) is 10.9. The maximum atomic E-state index is 10.9. The third kappa shape index (κ3) is 2.31. The first-order valence-corrected chi connectivity index (χ1v) is 5.23. The lowest BCUT2D eigenvalue weighted by atomic mass is 10.2. The molecule has 82 valence electrons. The first-order valence-electron chi connectivity index (χ1n) is 4.85. The zero-order valence-corrected chi connectivity index (χ0v) is 9.49. The summed E-state index contributed by atoms with van der Waals surface area (Å²) in [6.45, 7) is 1.52. The number of ketones is 1. The molecule has 2 aromatic rings. The number of oxazole rings is 1. The molecule has 4 heteroatoms. The monoisotopic (exact) mass is 235 g/mol. The molecule has 16 heavy (non-hydrogen) atoms. The number of hydrogen-bond acceptors (Lipinski definition) is 3. The van der Waals surface area contributed by atoms with Gasteiger partial charge in [0.2, 0.25) is 5.89 Å². The van der Waals surface area contributed by atoms with Gasteiger partial charge < -0.3 is 4.42 Å². The highest BCUT2D eigenvalue weighted by molar-refractivity contribution is 6.33. The third-order valence-corrected chi connectivity index (χ3v) is 2.42. The predicted octanol–water partition coefficient (Wildman–Crippen LogP) is 3.13. The van der Waals surface area contributed by atoms with Gasteiger partial charge in [-0.15, -0.1) is 0 Å². The quantitative estimate of drug-likeness (QED) is 0.821. The number of carbonyl (C=O) groups excluding carboxylic acids is 1. The minimum absolute atomic E-state index is 0.0546. The van der Waals surface area contributed by atoms with E-state index in [0.29, 0.717) is 16.6 Å². The second-order valence-corrected chi connectivity index (χ2v) is 3.91. The fourth-order valence-electron chi connectivity index (χ4n) is 1.40. The summed E-state index contributed by atoms with van der Waals surface area (Å²) in [7, 11) is 0. The van der Waals surface area contributed by atoms with Crippen molar-refractivity contribution in [3.05, 3.63) is 41.2 Å². The van der Waals surface area contributed by atoms with Crippen molar-refractivity contribution < 1.29 is 9.21 Å². The molecule has 1 aromatic heterocycles. The summed E-state index contributed by atoms with van der Waals surface area (Å²) in [6.07, 6.45) is 1.77. The fraction of sp³-hybridized carbons (Fsp3) is 0.167. The lowest BCUT2D eigenvalue weighted by Crippen LogP contribution is -1.96. The molecule has 0 saturated heterocycles. The average Bonchev–Trinajstić information content (AvgIpc) is 2.66. The largest absolute Gasteiger partial charge is 0.444 e. The lowest BCUT2D eigenvalue weighted by molar-refractivity contribution is -0.116. The number of hydrogen-bond donors (Lipinski definition) is 0. The number of Topliss-reactive ketones (excluding diaryl/α,β-unsaturated/α-hetero) is 1. The van der Waals surface area contributed by atoms with Crippen molar-refractivity contribution >= 4 is 17.4 Å². The molecule has 0 amide bonds. The van der Waals surface area contributed by atoms with Crippen molar-refractivity contribution in [2.24, 2.45) is 0 Å². The Kier molecular flexibility index (Phi) is 3.06. The molecule has 0 fully saturated rings. The van der Waals surface area contributed by atoms with E-state index >= 15 is 0 Å². The number of halogens is 1. The topological polar surface area (TPSA) is 43.1 Å². The number of benzene rings is 1. The van der Waals surface area contributed by atoms with Gasteiger partial charge in [-0.25, -0.2) is 4.98 Å². The maximum absolute atomic E-state index is 10.9. The van der Waals surface area contributed by atoms with E-state index in [4.69, 9.17) is 16.0 Å². The molecule has 0 aliphatic carbocycles. The van der Waals surface area contributed by atoms with Gasteiger partial charge in [0.25, 0.3) is 0 Å². The van der Waals surface area contributed by atoms with Gasteiger partial charge in [-0.2, -0.15) is 0 Å². The standard InChI is InChI=1S/C12H10ClNO2/c1-8(15)6-9-7-16-12(14-9)10-4-2-3-5-11(10)13/h2-5,7H,6H2,1H3. The van der Waals surface area contributed by atoms with E-state index in [1.165, 1.54) is 13.2 Å². The Bertz CT molecular complexity index is 519. The first-order chi connectivity index (χ1) is 7.66. The average molecular weight is 236 g/mol. The van der Waals surface area contributed by atoms with Gasteiger partial charge in [0.1, 0.15) is 12.0 Å². The van der Waals surface area contributed by atoms with Crippen molar-refractivity contribution in [1.29, 1.82) is 0 Å². The molecule has 0 aliphatic rings. The van der Waals surface area contributed by atoms with E-state index in [0.717, 1.165) is 5.56 Å². The van der Waals surface area contributed by atoms with E-state index in [-0.39, 0.29) is 12.2 Å². The van der Waals surface area contributed by atoms with Gasteiger partial charge in [0.15, 0.2) is 0 Å². The van der Waals surface area contributed by atoms with Crippen molar-refractivity contribution in [3.63, 3.8) is 0 Å². The van der Waals surface area contributed by atoms with Crippen LogP contribution in [0.15, 0.2) is 34.9 Å². The normalized spacial score (nSPS) is 10.4. The van der Waals surface area contributed by atoms with Gasteiger partial charge in [0, 0.05) is 0 Å². The predicted molar refractivity (Wildman–Crippen MR) is 61.3 cm³/mol. The second kappa shape index (κ2) is 4.49. The summed E-state index contributed by atoms with van der Waals surface area (Å²) in [4.78, 5) is 15.1. The third-order valence-electron chi connectivity index (χ3n) is 2.09. The molecule has 2 rings (SSSR count). The Morgan fingerprint density at radius 1 is 1.44 bits per heavy atom. The Morgan fingerprint density at radius 2 is 2.19 bits per heavy atom. The Labute approximate surface area is 98.1 Å². The Balaban J connectivity index is 2.32. The van der Waals surface area contributed by atoms with E-state index < -0.39 is 0 Å². The number of aromatic nitrogens is 1. The molecule has 0 radical (unpaired) electrons. The minimum atomic E-state index is 0.0546. The van der Waals surface area contributed by atoms with Gasteiger partial charge in [-0.1, -0.05) is 23.7 Å². The van der Waals surface area contributed by atoms with Crippen molar-refractivity contribution in [1.82, 2.24) is 4.98 Å². The Morgan fingerprint density at radius 3 is 2.88 bits per heavy atom. The van der Waals surface area contributed by atoms with Gasteiger partial charge in [-0.05, 0) is 19.1 Å². The molecule has 0 bridgehead atoms. The van der Waals surface area contributed by atoms with Crippen LogP contribution >= 0.6 is 11.6 Å². The number of rotatable bonds is 3. The molecule has 0 spiro atoms. The van der Waals surface area contributed by atoms with Crippen LogP contribution in [0.2, 0.25) is 5.02 Å². The SMILES string of the molecule is CC(=O)Cc1coc(-c2ccccc2Cl)n1. The summed E-state index contributed by atoms with van der Waals surface area (Å²) < 4.78 is 5.28. The highest BCUT2D eigenvalue weighted by Crippen LogP contribution is 2.26. The molecule has 3 nitrogen and oxygen atoms in total. The summed E-state index contributed by atoms with van der Waals surface area (Å²) in [6, 6.07) is 7.29. The van der Waals surface area contributed by atoms with Crippen LogP contribution in [0.25, 0.3) is 11.5 Å². The second-order valence-electron chi connectivity index (χ2n) is 3.50. The van der Waals surface area contributed by atoms with E-state index in [1.54, 1.807) is 6.07 Å². The lowest BCUT2D eigenvalue weighted by Gasteiger charge is -1.96. The number of nitrogens with zero attached hydrogens (tertiary/aromatic N) is 1. The van der Waals surface area contributed by atoms with Gasteiger partial charge in [0.05, 0.1) is 22.7 Å². The van der Waals surface area contributed by atoms with Crippen molar-refractivity contribution in [2.45, 2.75) is 13.3 Å². The summed E-state index contributed by atoms with van der Waals surface area (Å²) in [5.74, 6) is 0.501. The smallest absolute Gasteiger partial charge is 0.227 e. The molecule has 0 atom stereocenters. The molecule has 1 heterocycles. The van der Waals surface area contributed by atoms with Crippen LogP contribution in [0.4, 0.5) is 0 Å². The van der Waals surface area contributed by atoms with E-state index in [2.05, 4.69) is 4.98 Å². The Hall–Kier alpha value is -1.61. The maximum Gasteiger partial charge on any atom is 0.227 e. The van der Waals surface area contributed by atoms with Crippen LogP contribution in [0.5, 0.6) is 0 Å². The van der Waals surface area contributed by atoms with E-state index in [1.807, 2.05) is 18.2 Å². The summed E-state index contributed by atoms with van der Waals surface area (Å²) >= 11 is 6.01. The summed E-state index contributed by atoms with van der Waals surface area (Å²) in [5.41, 5.74) is 1.36. The zero-order valence-electron chi connectivity index (χ0n) is 8.74. The number of carbonyl (C=O) groups is 1. The van der Waals surface area contributed by atoms with Crippen molar-refractivity contribution in [3.8, 4) is 11.5 Å². The zero-order chi connectivity index (χ0) is 11.5. The molecule has 0 N–H and O–H groups in total. The molecular formula is C12H10ClNO2. The molecular weight excluding hydrogens is 226 g/mol. The highest BCUT2D eigenvalue weighted by atomic mass is 35.5. The van der Waals surface area contributed by atoms with Crippen LogP contribution in [0.1, 0.15) is 12.6 Å². The molecule has 0 aliphatic heterocycles. The van der Waals surface area contributed by atoms with Crippen LogP contribution in [0, 0.1) is 0 Å². The fourth-order valence-corrected chi connectivity index (χ4v) is 1.62.